The van der Waals surface area contributed by atoms with Crippen LogP contribution in [0.3, 0.4) is 0 Å². The van der Waals surface area contributed by atoms with Crippen LogP contribution in [-0.4, -0.2) is 20.2 Å². The number of benzene rings is 2. The fourth-order valence-corrected chi connectivity index (χ4v) is 4.80. The van der Waals surface area contributed by atoms with E-state index in [1.165, 1.54) is 0 Å². The molecule has 0 amide bonds. The molecule has 6 nitrogen and oxygen atoms in total. The fourth-order valence-electron chi connectivity index (χ4n) is 4.80. The van der Waals surface area contributed by atoms with Gasteiger partial charge in [-0.2, -0.15) is 0 Å². The van der Waals surface area contributed by atoms with Crippen molar-refractivity contribution in [3.05, 3.63) is 58.7 Å². The molecule has 2 aromatic carbocycles. The Bertz CT molecular complexity index is 1450. The molecule has 35 heavy (non-hydrogen) atoms. The summed E-state index contributed by atoms with van der Waals surface area (Å²) in [6, 6.07) is 7.47. The highest BCUT2D eigenvalue weighted by molar-refractivity contribution is 5.91. The van der Waals surface area contributed by atoms with Gasteiger partial charge < -0.3 is 19.0 Å². The van der Waals surface area contributed by atoms with Gasteiger partial charge in [0.1, 0.15) is 22.5 Å². The molecule has 2 aromatic heterocycles. The van der Waals surface area contributed by atoms with Crippen LogP contribution >= 0.6 is 0 Å². The molecular weight excluding hydrogens is 440 g/mol. The number of phenolic OH excluding ortho intramolecular Hbond substituents is 1. The molecule has 2 N–H and O–H groups in total. The van der Waals surface area contributed by atoms with E-state index in [2.05, 4.69) is 24.9 Å². The van der Waals surface area contributed by atoms with Crippen molar-refractivity contribution < 1.29 is 19.0 Å². The Labute approximate surface area is 205 Å². The lowest BCUT2D eigenvalue weighted by atomic mass is 9.90. The van der Waals surface area contributed by atoms with Crippen molar-refractivity contribution in [3.63, 3.8) is 0 Å². The normalized spacial score (nSPS) is 17.1. The number of rotatable bonds is 4. The number of oxazole rings is 2. The topological polar surface area (TPSA) is 92.5 Å². The lowest BCUT2D eigenvalue weighted by molar-refractivity contribution is 0.422. The summed E-state index contributed by atoms with van der Waals surface area (Å²) >= 11 is 0. The zero-order chi connectivity index (χ0) is 25.0. The predicted octanol–water partition coefficient (Wildman–Crippen LogP) is 8.05. The number of aliphatic hydroxyl groups excluding tert-OH is 1. The maximum absolute atomic E-state index is 10.9. The standard InChI is InChI=1S/C29H32N2O4/c1-14(2)18-8-7-17(6)26(32)21(11-18)29-31-23-12-22-24(13-25(23)35-29)34-28(30-22)20-10-16(5)9-19(15(3)4)27(20)33/h9-15,18,32-33H,7-8H2,1-6H3. The van der Waals surface area contributed by atoms with E-state index in [1.807, 2.05) is 45.9 Å². The van der Waals surface area contributed by atoms with E-state index in [0.29, 0.717) is 57.0 Å². The van der Waals surface area contributed by atoms with Gasteiger partial charge in [-0.1, -0.05) is 39.8 Å². The second-order valence-electron chi connectivity index (χ2n) is 10.4. The van der Waals surface area contributed by atoms with Gasteiger partial charge in [0.05, 0.1) is 11.1 Å². The first-order valence-electron chi connectivity index (χ1n) is 12.3. The third-order valence-corrected chi connectivity index (χ3v) is 7.01. The molecule has 5 rings (SSSR count). The molecule has 0 spiro atoms. The first kappa shape index (κ1) is 23.2. The molecule has 0 saturated carbocycles. The van der Waals surface area contributed by atoms with Crippen LogP contribution in [0.4, 0.5) is 0 Å². The Morgan fingerprint density at radius 1 is 0.886 bits per heavy atom. The SMILES string of the molecule is CC1=C(O)C(c2nc3cc4nc(-c5cc(C)cc(C(C)C)c5O)oc4cc3o2)=CC(C(C)C)CC1. The van der Waals surface area contributed by atoms with Crippen LogP contribution in [0.2, 0.25) is 0 Å². The van der Waals surface area contributed by atoms with Gasteiger partial charge in [0.25, 0.3) is 0 Å². The van der Waals surface area contributed by atoms with Gasteiger partial charge in [-0.15, -0.1) is 0 Å². The molecule has 0 radical (unpaired) electrons. The Morgan fingerprint density at radius 3 is 2.20 bits per heavy atom. The zero-order valence-corrected chi connectivity index (χ0v) is 21.1. The average molecular weight is 473 g/mol. The van der Waals surface area contributed by atoms with Gasteiger partial charge in [0.2, 0.25) is 11.8 Å². The monoisotopic (exact) mass is 472 g/mol. The molecule has 1 aliphatic rings. The van der Waals surface area contributed by atoms with Crippen molar-refractivity contribution in [2.24, 2.45) is 11.8 Å². The number of phenols is 1. The lowest BCUT2D eigenvalue weighted by Gasteiger charge is -2.15. The van der Waals surface area contributed by atoms with Gasteiger partial charge in [-0.3, -0.25) is 0 Å². The number of fused-ring (bicyclic) bond motifs is 2. The maximum Gasteiger partial charge on any atom is 0.231 e. The smallest absolute Gasteiger partial charge is 0.231 e. The van der Waals surface area contributed by atoms with E-state index in [9.17, 15) is 10.2 Å². The first-order chi connectivity index (χ1) is 16.6. The Hall–Kier alpha value is -3.54. The molecular formula is C29H32N2O4. The quantitative estimate of drug-likeness (QED) is 0.312. The van der Waals surface area contributed by atoms with Crippen molar-refractivity contribution in [1.29, 1.82) is 0 Å². The number of aromatic hydroxyl groups is 1. The first-order valence-corrected chi connectivity index (χ1v) is 12.3. The summed E-state index contributed by atoms with van der Waals surface area (Å²) in [6.07, 6.45) is 3.93. The second kappa shape index (κ2) is 8.59. The van der Waals surface area contributed by atoms with E-state index in [4.69, 9.17) is 13.8 Å². The molecule has 0 fully saturated rings. The highest BCUT2D eigenvalue weighted by Crippen LogP contribution is 2.39. The average Bonchev–Trinajstić information content (AvgIpc) is 3.36. The van der Waals surface area contributed by atoms with Crippen molar-refractivity contribution in [2.45, 2.75) is 60.3 Å². The predicted molar refractivity (Wildman–Crippen MR) is 138 cm³/mol. The summed E-state index contributed by atoms with van der Waals surface area (Å²) < 4.78 is 12.2. The van der Waals surface area contributed by atoms with Crippen LogP contribution in [0.5, 0.6) is 5.75 Å². The van der Waals surface area contributed by atoms with Gasteiger partial charge in [0.15, 0.2) is 11.2 Å². The third kappa shape index (κ3) is 4.11. The molecule has 0 saturated heterocycles. The van der Waals surface area contributed by atoms with Crippen molar-refractivity contribution in [2.75, 3.05) is 0 Å². The summed E-state index contributed by atoms with van der Waals surface area (Å²) in [5, 5.41) is 21.7. The molecule has 2 heterocycles. The van der Waals surface area contributed by atoms with Crippen LogP contribution in [0, 0.1) is 18.8 Å². The number of aryl methyl sites for hydroxylation is 1. The number of allylic oxidation sites excluding steroid dienone is 3. The van der Waals surface area contributed by atoms with Crippen molar-refractivity contribution in [3.8, 4) is 17.2 Å². The number of hydrogen-bond acceptors (Lipinski definition) is 6. The molecule has 182 valence electrons. The van der Waals surface area contributed by atoms with Gasteiger partial charge in [-0.05, 0) is 73.3 Å². The number of nitrogens with zero attached hydrogens (tertiary/aromatic N) is 2. The largest absolute Gasteiger partial charge is 0.507 e. The van der Waals surface area contributed by atoms with E-state index < -0.39 is 0 Å². The molecule has 0 bridgehead atoms. The molecule has 6 heteroatoms. The molecule has 1 aliphatic carbocycles. The van der Waals surface area contributed by atoms with Gasteiger partial charge in [0, 0.05) is 6.07 Å². The minimum absolute atomic E-state index is 0.172. The summed E-state index contributed by atoms with van der Waals surface area (Å²) in [7, 11) is 0. The summed E-state index contributed by atoms with van der Waals surface area (Å²) in [4.78, 5) is 9.35. The second-order valence-corrected chi connectivity index (χ2v) is 10.4. The van der Waals surface area contributed by atoms with Gasteiger partial charge >= 0.3 is 0 Å². The molecule has 1 unspecified atom stereocenters. The van der Waals surface area contributed by atoms with E-state index in [0.717, 1.165) is 29.5 Å². The molecule has 1 atom stereocenters. The summed E-state index contributed by atoms with van der Waals surface area (Å²) in [6.45, 7) is 12.4. The number of aliphatic hydroxyl groups is 1. The van der Waals surface area contributed by atoms with Crippen molar-refractivity contribution in [1.82, 2.24) is 9.97 Å². The van der Waals surface area contributed by atoms with Crippen LogP contribution in [0.25, 0.3) is 39.2 Å². The maximum atomic E-state index is 10.9. The summed E-state index contributed by atoms with van der Waals surface area (Å²) in [5.41, 5.74) is 6.43. The zero-order valence-electron chi connectivity index (χ0n) is 21.1. The highest BCUT2D eigenvalue weighted by Gasteiger charge is 2.25. The van der Waals surface area contributed by atoms with Crippen LogP contribution in [0.15, 0.2) is 50.5 Å². The van der Waals surface area contributed by atoms with Crippen LogP contribution < -0.4 is 0 Å². The third-order valence-electron chi connectivity index (χ3n) is 7.01. The van der Waals surface area contributed by atoms with Gasteiger partial charge in [-0.25, -0.2) is 9.97 Å². The Balaban J connectivity index is 1.60. The number of aromatic nitrogens is 2. The Kier molecular flexibility index (Phi) is 5.70. The highest BCUT2D eigenvalue weighted by atomic mass is 16.4. The van der Waals surface area contributed by atoms with Crippen molar-refractivity contribution >= 4 is 27.8 Å². The minimum atomic E-state index is 0.172. The molecule has 4 aromatic rings. The molecule has 0 aliphatic heterocycles. The van der Waals surface area contributed by atoms with Crippen LogP contribution in [-0.2, 0) is 0 Å². The fraction of sp³-hybridized carbons (Fsp3) is 0.379. The minimum Gasteiger partial charge on any atom is -0.507 e. The summed E-state index contributed by atoms with van der Waals surface area (Å²) in [5.74, 6) is 2.16. The van der Waals surface area contributed by atoms with E-state index >= 15 is 0 Å². The van der Waals surface area contributed by atoms with E-state index in [-0.39, 0.29) is 17.4 Å². The van der Waals surface area contributed by atoms with Crippen LogP contribution in [0.1, 0.15) is 70.4 Å². The number of hydrogen-bond donors (Lipinski definition) is 2. The lowest BCUT2D eigenvalue weighted by Crippen LogP contribution is -2.05. The Morgan fingerprint density at radius 2 is 1.54 bits per heavy atom. The van der Waals surface area contributed by atoms with E-state index in [1.54, 1.807) is 6.07 Å².